The highest BCUT2D eigenvalue weighted by Gasteiger charge is 2.29. The molecule has 286 valence electrons. The average Bonchev–Trinajstić information content (AvgIpc) is 3.88. The molecule has 16 nitrogen and oxygen atoms in total. The lowest BCUT2D eigenvalue weighted by molar-refractivity contribution is -0.134. The molecule has 3 fully saturated rings. The molecule has 1 aliphatic carbocycles. The quantitative estimate of drug-likeness (QED) is 0.171. The minimum absolute atomic E-state index is 0.114. The van der Waals surface area contributed by atoms with Gasteiger partial charge in [0.25, 0.3) is 0 Å². The molecular formula is C40H44N14O2. The highest BCUT2D eigenvalue weighted by atomic mass is 16.2. The number of benzene rings is 1. The molecule has 0 radical (unpaired) electrons. The van der Waals surface area contributed by atoms with Crippen molar-refractivity contribution >= 4 is 40.0 Å². The summed E-state index contributed by atoms with van der Waals surface area (Å²) in [6, 6.07) is 15.5. The third-order valence-electron chi connectivity index (χ3n) is 11.5. The summed E-state index contributed by atoms with van der Waals surface area (Å²) in [5.74, 6) is 0.965. The number of pyridine rings is 2. The number of nitriles is 2. The van der Waals surface area contributed by atoms with Crippen LogP contribution in [0.25, 0.3) is 22.5 Å². The number of amides is 2. The number of imide groups is 1. The van der Waals surface area contributed by atoms with Gasteiger partial charge in [0.1, 0.15) is 23.6 Å². The number of anilines is 3. The number of piperidine rings is 1. The van der Waals surface area contributed by atoms with Crippen molar-refractivity contribution in [1.82, 2.24) is 45.0 Å². The van der Waals surface area contributed by atoms with E-state index < -0.39 is 6.04 Å². The maximum absolute atomic E-state index is 12.3. The van der Waals surface area contributed by atoms with Gasteiger partial charge in [-0.25, -0.2) is 14.6 Å². The highest BCUT2D eigenvalue weighted by molar-refractivity contribution is 6.01. The molecule has 0 bridgehead atoms. The Hall–Kier alpha value is -6.39. The first-order chi connectivity index (χ1) is 27.3. The second-order valence-corrected chi connectivity index (χ2v) is 15.1. The van der Waals surface area contributed by atoms with Crippen LogP contribution in [-0.4, -0.2) is 90.2 Å². The van der Waals surface area contributed by atoms with Crippen LogP contribution < -0.4 is 21.3 Å². The van der Waals surface area contributed by atoms with E-state index in [1.54, 1.807) is 40.8 Å². The Bertz CT molecular complexity index is 2320. The zero-order chi connectivity index (χ0) is 38.8. The standard InChI is InChI=1S/C40H44N14O2/c1-25(20-41)46-33-19-36(54-39-30(22-45-54)18-29(21-42)38(43)48-39)44-23-35(33)53-24-34(49-50-53)28-4-2-26(3-5-28)12-13-51-14-16-52(17-15-51)31-8-6-27(7-9-31)32-10-11-37(55)47-40(32)56/h6-9,18-19,22-26,28,32H,2-5,10-17H2,1H3,(H2,43,48)(H,44,46)(H,47,55,56)/t25-,26?,28?,32?/m1/s1. The van der Waals surface area contributed by atoms with Crippen LogP contribution >= 0.6 is 0 Å². The Labute approximate surface area is 324 Å². The number of carbonyl (C=O) groups excluding carboxylic acids is 2. The number of nitrogen functional groups attached to an aromatic ring is 1. The van der Waals surface area contributed by atoms with Gasteiger partial charge in [-0.05, 0) is 81.7 Å². The van der Waals surface area contributed by atoms with E-state index in [9.17, 15) is 20.1 Å². The Morgan fingerprint density at radius 1 is 1.02 bits per heavy atom. The fraction of sp³-hybridized carbons (Fsp3) is 0.425. The van der Waals surface area contributed by atoms with Gasteiger partial charge in [-0.3, -0.25) is 19.8 Å². The molecule has 8 rings (SSSR count). The molecule has 16 heteroatoms. The van der Waals surface area contributed by atoms with Gasteiger partial charge < -0.3 is 16.0 Å². The number of nitrogens with two attached hydrogens (primary N) is 1. The molecule has 2 atom stereocenters. The number of nitrogens with zero attached hydrogens (tertiary/aromatic N) is 11. The molecule has 0 spiro atoms. The van der Waals surface area contributed by atoms with Crippen molar-refractivity contribution in [2.24, 2.45) is 5.92 Å². The summed E-state index contributed by atoms with van der Waals surface area (Å²) < 4.78 is 3.27. The van der Waals surface area contributed by atoms with Gasteiger partial charge in [0.05, 0.1) is 47.5 Å². The number of carbonyl (C=O) groups is 2. The summed E-state index contributed by atoms with van der Waals surface area (Å²) in [5.41, 5.74) is 11.1. The van der Waals surface area contributed by atoms with Crippen molar-refractivity contribution in [1.29, 1.82) is 10.5 Å². The number of hydrogen-bond acceptors (Lipinski definition) is 13. The second-order valence-electron chi connectivity index (χ2n) is 15.1. The number of nitrogens with one attached hydrogen (secondary N) is 2. The Morgan fingerprint density at radius 2 is 1.80 bits per heavy atom. The molecule has 56 heavy (non-hydrogen) atoms. The summed E-state index contributed by atoms with van der Waals surface area (Å²) in [6.07, 6.45) is 11.9. The normalized spacial score (nSPS) is 21.0. The molecule has 5 aromatic rings. The first-order valence-corrected chi connectivity index (χ1v) is 19.3. The van der Waals surface area contributed by atoms with Gasteiger partial charge in [0.2, 0.25) is 11.8 Å². The van der Waals surface area contributed by atoms with Crippen molar-refractivity contribution in [2.45, 2.75) is 69.7 Å². The van der Waals surface area contributed by atoms with E-state index in [0.717, 1.165) is 69.7 Å². The molecular weight excluding hydrogens is 709 g/mol. The van der Waals surface area contributed by atoms with Gasteiger partial charge in [0, 0.05) is 55.7 Å². The second kappa shape index (κ2) is 15.8. The molecule has 2 saturated heterocycles. The fourth-order valence-corrected chi connectivity index (χ4v) is 8.20. The largest absolute Gasteiger partial charge is 0.383 e. The Kier molecular flexibility index (Phi) is 10.3. The Morgan fingerprint density at radius 3 is 2.54 bits per heavy atom. The van der Waals surface area contributed by atoms with Crippen molar-refractivity contribution in [2.75, 3.05) is 48.7 Å². The summed E-state index contributed by atoms with van der Waals surface area (Å²) >= 11 is 0. The number of piperazine rings is 1. The SMILES string of the molecule is C[C@H](C#N)Nc1cc(-n2ncc3cc(C#N)c(N)nc32)ncc1-n1cc(C2CCC(CCN3CCN(c4ccc(C5CCC(=O)NC5=O)cc4)CC3)CC2)nn1. The van der Waals surface area contributed by atoms with Gasteiger partial charge in [0.15, 0.2) is 11.5 Å². The van der Waals surface area contributed by atoms with Crippen LogP contribution in [0.1, 0.15) is 80.5 Å². The number of hydrogen-bond donors (Lipinski definition) is 3. The molecule has 2 aliphatic heterocycles. The zero-order valence-electron chi connectivity index (χ0n) is 31.3. The van der Waals surface area contributed by atoms with Gasteiger partial charge in [-0.2, -0.15) is 20.3 Å². The van der Waals surface area contributed by atoms with Crippen LogP contribution in [0.5, 0.6) is 0 Å². The lowest BCUT2D eigenvalue weighted by atomic mass is 9.79. The zero-order valence-corrected chi connectivity index (χ0v) is 31.3. The van der Waals surface area contributed by atoms with Gasteiger partial charge in [-0.1, -0.05) is 17.3 Å². The summed E-state index contributed by atoms with van der Waals surface area (Å²) in [7, 11) is 0. The summed E-state index contributed by atoms with van der Waals surface area (Å²) in [6.45, 7) is 6.88. The van der Waals surface area contributed by atoms with Crippen molar-refractivity contribution in [3.05, 3.63) is 71.8 Å². The van der Waals surface area contributed by atoms with Crippen LogP contribution in [0.4, 0.5) is 17.2 Å². The van der Waals surface area contributed by atoms with Crippen LogP contribution in [-0.2, 0) is 9.59 Å². The van der Waals surface area contributed by atoms with Crippen LogP contribution in [0.3, 0.4) is 0 Å². The van der Waals surface area contributed by atoms with E-state index in [-0.39, 0.29) is 29.1 Å². The predicted octanol–water partition coefficient (Wildman–Crippen LogP) is 4.18. The maximum atomic E-state index is 12.3. The minimum Gasteiger partial charge on any atom is -0.383 e. The van der Waals surface area contributed by atoms with Crippen molar-refractivity contribution in [3.8, 4) is 23.6 Å². The van der Waals surface area contributed by atoms with Crippen LogP contribution in [0.2, 0.25) is 0 Å². The summed E-state index contributed by atoms with van der Waals surface area (Å²) in [4.78, 5) is 37.9. The maximum Gasteiger partial charge on any atom is 0.234 e. The van der Waals surface area contributed by atoms with Crippen molar-refractivity contribution in [3.63, 3.8) is 0 Å². The molecule has 3 aliphatic rings. The van der Waals surface area contributed by atoms with E-state index >= 15 is 0 Å². The van der Waals surface area contributed by atoms with Crippen LogP contribution in [0.15, 0.2) is 55.0 Å². The highest BCUT2D eigenvalue weighted by Crippen LogP contribution is 2.37. The average molecular weight is 753 g/mol. The van der Waals surface area contributed by atoms with E-state index in [1.807, 2.05) is 24.4 Å². The lowest BCUT2D eigenvalue weighted by Gasteiger charge is -2.37. The van der Waals surface area contributed by atoms with Gasteiger partial charge >= 0.3 is 0 Å². The smallest absolute Gasteiger partial charge is 0.234 e. The third-order valence-corrected chi connectivity index (χ3v) is 11.5. The van der Waals surface area contributed by atoms with Crippen molar-refractivity contribution < 1.29 is 9.59 Å². The number of fused-ring (bicyclic) bond motifs is 1. The number of rotatable bonds is 10. The summed E-state index contributed by atoms with van der Waals surface area (Å²) in [5, 5.41) is 38.8. The molecule has 1 saturated carbocycles. The first kappa shape index (κ1) is 36.6. The van der Waals surface area contributed by atoms with E-state index in [1.165, 1.54) is 12.1 Å². The molecule has 4 aromatic heterocycles. The van der Waals surface area contributed by atoms with Gasteiger partial charge in [-0.15, -0.1) is 5.10 Å². The third kappa shape index (κ3) is 7.61. The molecule has 4 N–H and O–H groups in total. The molecule has 6 heterocycles. The first-order valence-electron chi connectivity index (χ1n) is 19.3. The topological polar surface area (TPSA) is 213 Å². The number of aromatic nitrogens is 7. The molecule has 2 amide bonds. The van der Waals surface area contributed by atoms with E-state index in [2.05, 4.69) is 64.0 Å². The monoisotopic (exact) mass is 752 g/mol. The van der Waals surface area contributed by atoms with E-state index in [0.29, 0.717) is 52.9 Å². The van der Waals surface area contributed by atoms with E-state index in [4.69, 9.17) is 5.73 Å². The Balaban J connectivity index is 0.844. The van der Waals surface area contributed by atoms with Crippen LogP contribution in [0, 0.1) is 28.6 Å². The predicted molar refractivity (Wildman–Crippen MR) is 209 cm³/mol. The fourth-order valence-electron chi connectivity index (χ4n) is 8.20. The minimum atomic E-state index is -0.488. The lowest BCUT2D eigenvalue weighted by Crippen LogP contribution is -2.47. The molecule has 1 unspecified atom stereocenters. The molecule has 1 aromatic carbocycles.